The molecule has 2 atom stereocenters. The standard InChI is InChI=1S/C24H46N4O4S2/c1-21(2,3)19(31)25-15(17(29)27-23(7,8)9)13-33-34-14-16(18(30)28-24(10,11)12)26-20(32)22(4,5)6/h15-16H,13-14H2,1-12H3,(H,25,31)(H,26,32)(H,27,29)(H,28,30)/p+1. The number of amides is 4. The van der Waals surface area contributed by atoms with Gasteiger partial charge in [0.2, 0.25) is 23.6 Å². The first kappa shape index (κ1) is 32.6. The molecule has 0 saturated carbocycles. The van der Waals surface area contributed by atoms with Crippen molar-refractivity contribution in [2.24, 2.45) is 10.8 Å². The molecule has 198 valence electrons. The smallest absolute Gasteiger partial charge is 0.247 e. The Morgan fingerprint density at radius 2 is 1.00 bits per heavy atom. The molecule has 0 aliphatic heterocycles. The molecule has 34 heavy (non-hydrogen) atoms. The van der Waals surface area contributed by atoms with Gasteiger partial charge in [0.15, 0.2) is 6.04 Å². The van der Waals surface area contributed by atoms with E-state index in [1.54, 1.807) is 41.5 Å². The summed E-state index contributed by atoms with van der Waals surface area (Å²) in [5.41, 5.74) is -2.12. The van der Waals surface area contributed by atoms with Crippen LogP contribution in [0.15, 0.2) is 0 Å². The summed E-state index contributed by atoms with van der Waals surface area (Å²) in [5, 5.41) is 11.5. The lowest BCUT2D eigenvalue weighted by Gasteiger charge is -2.27. The SMILES string of the molecule is CC(C)(C)NC(=O)C(CS[SH+]CC(NC(=O)C(C)(C)C)C(=O)NC(C)(C)C)NC(=O)C(C)(C)C. The van der Waals surface area contributed by atoms with Gasteiger partial charge < -0.3 is 21.3 Å². The summed E-state index contributed by atoms with van der Waals surface area (Å²) < 4.78 is 0. The van der Waals surface area contributed by atoms with E-state index in [0.717, 1.165) is 10.8 Å². The molecule has 8 nitrogen and oxygen atoms in total. The molecule has 10 heteroatoms. The molecule has 2 unspecified atom stereocenters. The molecular weight excluding hydrogens is 472 g/mol. The van der Waals surface area contributed by atoms with Crippen LogP contribution in [0.2, 0.25) is 0 Å². The van der Waals surface area contributed by atoms with E-state index >= 15 is 0 Å². The molecule has 0 spiro atoms. The number of hydrogen-bond donors (Lipinski definition) is 4. The highest BCUT2D eigenvalue weighted by Crippen LogP contribution is 2.16. The van der Waals surface area contributed by atoms with E-state index in [4.69, 9.17) is 0 Å². The monoisotopic (exact) mass is 519 g/mol. The van der Waals surface area contributed by atoms with Gasteiger partial charge in [-0.15, -0.1) is 0 Å². The largest absolute Gasteiger partial charge is 0.350 e. The summed E-state index contributed by atoms with van der Waals surface area (Å²) in [7, 11) is 2.24. The maximum atomic E-state index is 12.8. The Hall–Kier alpha value is -1.42. The van der Waals surface area contributed by atoms with Crippen molar-refractivity contribution in [3.05, 3.63) is 0 Å². The molecule has 0 bridgehead atoms. The topological polar surface area (TPSA) is 116 Å². The minimum absolute atomic E-state index is 0.207. The summed E-state index contributed by atoms with van der Waals surface area (Å²) in [5.74, 6) is -0.209. The predicted octanol–water partition coefficient (Wildman–Crippen LogP) is 2.34. The Morgan fingerprint density at radius 3 is 1.35 bits per heavy atom. The lowest BCUT2D eigenvalue weighted by atomic mass is 9.95. The summed E-state index contributed by atoms with van der Waals surface area (Å²) in [4.78, 5) is 50.7. The maximum absolute atomic E-state index is 12.8. The molecule has 0 aromatic carbocycles. The maximum Gasteiger partial charge on any atom is 0.247 e. The van der Waals surface area contributed by atoms with Gasteiger partial charge in [-0.2, -0.15) is 0 Å². The number of carbonyl (C=O) groups is 4. The van der Waals surface area contributed by atoms with E-state index < -0.39 is 34.0 Å². The van der Waals surface area contributed by atoms with Crippen LogP contribution in [-0.2, 0) is 30.0 Å². The van der Waals surface area contributed by atoms with Crippen molar-refractivity contribution in [3.63, 3.8) is 0 Å². The fraction of sp³-hybridized carbons (Fsp3) is 0.833. The molecule has 0 fully saturated rings. The summed E-state index contributed by atoms with van der Waals surface area (Å²) in [6.45, 7) is 22.1. The van der Waals surface area contributed by atoms with Crippen molar-refractivity contribution in [2.75, 3.05) is 11.5 Å². The van der Waals surface area contributed by atoms with Gasteiger partial charge in [0, 0.05) is 32.7 Å². The third-order valence-electron chi connectivity index (χ3n) is 4.19. The van der Waals surface area contributed by atoms with Crippen molar-refractivity contribution < 1.29 is 19.2 Å². The van der Waals surface area contributed by atoms with Crippen LogP contribution in [0.25, 0.3) is 0 Å². The Labute approximate surface area is 214 Å². The Balaban J connectivity index is 5.29. The van der Waals surface area contributed by atoms with Crippen molar-refractivity contribution in [2.45, 2.75) is 106 Å². The van der Waals surface area contributed by atoms with E-state index in [-0.39, 0.29) is 23.6 Å². The third-order valence-corrected chi connectivity index (χ3v) is 6.81. The van der Waals surface area contributed by atoms with Crippen molar-refractivity contribution >= 4 is 45.2 Å². The predicted molar refractivity (Wildman–Crippen MR) is 145 cm³/mol. The lowest BCUT2D eigenvalue weighted by Crippen LogP contribution is -2.55. The van der Waals surface area contributed by atoms with Gasteiger partial charge in [-0.3, -0.25) is 19.2 Å². The molecule has 4 N–H and O–H groups in total. The highest BCUT2D eigenvalue weighted by molar-refractivity contribution is 8.66. The number of thiol groups is 1. The summed E-state index contributed by atoms with van der Waals surface area (Å²) in [6.07, 6.45) is 0. The number of hydrogen-bond acceptors (Lipinski definition) is 5. The minimum Gasteiger partial charge on any atom is -0.350 e. The van der Waals surface area contributed by atoms with Crippen LogP contribution in [0.4, 0.5) is 0 Å². The molecule has 4 amide bonds. The van der Waals surface area contributed by atoms with Gasteiger partial charge >= 0.3 is 0 Å². The molecule has 0 aliphatic rings. The summed E-state index contributed by atoms with van der Waals surface area (Å²) in [6, 6.07) is -1.42. The van der Waals surface area contributed by atoms with Crippen molar-refractivity contribution in [1.82, 2.24) is 21.3 Å². The summed E-state index contributed by atoms with van der Waals surface area (Å²) >= 11 is 0. The van der Waals surface area contributed by atoms with E-state index in [2.05, 4.69) is 21.3 Å². The third kappa shape index (κ3) is 14.1. The molecule has 0 aliphatic carbocycles. The van der Waals surface area contributed by atoms with E-state index in [9.17, 15) is 19.2 Å². The second kappa shape index (κ2) is 12.5. The van der Waals surface area contributed by atoms with Gasteiger partial charge in [-0.25, -0.2) is 0 Å². The average Bonchev–Trinajstić information content (AvgIpc) is 2.57. The van der Waals surface area contributed by atoms with Crippen LogP contribution < -0.4 is 21.3 Å². The second-order valence-corrected chi connectivity index (χ2v) is 15.4. The van der Waals surface area contributed by atoms with Crippen LogP contribution in [-0.4, -0.2) is 58.3 Å². The van der Waals surface area contributed by atoms with Gasteiger partial charge in [-0.05, 0) is 41.5 Å². The molecule has 0 aromatic heterocycles. The Bertz CT molecular complexity index is 667. The van der Waals surface area contributed by atoms with Crippen LogP contribution in [0.1, 0.15) is 83.1 Å². The van der Waals surface area contributed by atoms with Crippen LogP contribution >= 0.6 is 10.8 Å². The zero-order chi connectivity index (χ0) is 27.1. The molecule has 0 aromatic rings. The quantitative estimate of drug-likeness (QED) is 0.161. The first-order valence-electron chi connectivity index (χ1n) is 11.6. The highest BCUT2D eigenvalue weighted by Gasteiger charge is 2.33. The van der Waals surface area contributed by atoms with E-state index in [1.807, 2.05) is 41.5 Å². The molecule has 0 heterocycles. The normalized spacial score (nSPS) is 14.6. The minimum atomic E-state index is -0.713. The second-order valence-electron chi connectivity index (χ2n) is 12.6. The zero-order valence-corrected chi connectivity index (χ0v) is 24.8. The van der Waals surface area contributed by atoms with E-state index in [1.165, 1.54) is 10.8 Å². The van der Waals surface area contributed by atoms with Crippen LogP contribution in [0.3, 0.4) is 0 Å². The van der Waals surface area contributed by atoms with Gasteiger partial charge in [-0.1, -0.05) is 41.5 Å². The molecular formula is C24H47N4O4S2+. The number of nitrogens with one attached hydrogen (secondary N) is 4. The Morgan fingerprint density at radius 1 is 0.647 bits per heavy atom. The fourth-order valence-corrected chi connectivity index (χ4v) is 4.82. The number of rotatable bonds is 9. The van der Waals surface area contributed by atoms with E-state index in [0.29, 0.717) is 11.5 Å². The first-order chi connectivity index (χ1) is 15.0. The number of carbonyl (C=O) groups excluding carboxylic acids is 4. The zero-order valence-electron chi connectivity index (χ0n) is 23.1. The van der Waals surface area contributed by atoms with Crippen molar-refractivity contribution in [3.8, 4) is 0 Å². The Kier molecular flexibility index (Phi) is 12.0. The fourth-order valence-electron chi connectivity index (χ4n) is 2.29. The molecule has 0 saturated heterocycles. The van der Waals surface area contributed by atoms with Gasteiger partial charge in [0.05, 0.1) is 16.5 Å². The van der Waals surface area contributed by atoms with Crippen molar-refractivity contribution in [1.29, 1.82) is 0 Å². The van der Waals surface area contributed by atoms with Gasteiger partial charge in [0.25, 0.3) is 0 Å². The van der Waals surface area contributed by atoms with Crippen LogP contribution in [0.5, 0.6) is 0 Å². The van der Waals surface area contributed by atoms with Crippen LogP contribution in [0, 0.1) is 10.8 Å². The molecule has 0 rings (SSSR count). The first-order valence-corrected chi connectivity index (χ1v) is 14.2. The lowest BCUT2D eigenvalue weighted by molar-refractivity contribution is -0.133. The molecule has 0 radical (unpaired) electrons. The van der Waals surface area contributed by atoms with Gasteiger partial charge in [0.1, 0.15) is 11.8 Å². The highest BCUT2D eigenvalue weighted by atomic mass is 33.1. The average molecular weight is 520 g/mol.